The van der Waals surface area contributed by atoms with Gasteiger partial charge in [-0.3, -0.25) is 4.79 Å². The number of benzene rings is 1. The van der Waals surface area contributed by atoms with Gasteiger partial charge in [0.05, 0.1) is 19.1 Å². The maximum atomic E-state index is 11.5. The fourth-order valence-electron chi connectivity index (χ4n) is 3.82. The number of aromatic nitrogens is 1. The minimum atomic E-state index is -0.787. The molecule has 0 unspecified atom stereocenters. The summed E-state index contributed by atoms with van der Waals surface area (Å²) in [6, 6.07) is 5.07. The third-order valence-electron chi connectivity index (χ3n) is 5.67. The summed E-state index contributed by atoms with van der Waals surface area (Å²) in [5.41, 5.74) is 0.125. The summed E-state index contributed by atoms with van der Waals surface area (Å²) < 4.78 is 7.44. The lowest BCUT2D eigenvalue weighted by atomic mass is 9.66. The highest BCUT2D eigenvalue weighted by molar-refractivity contribution is 7.09. The largest absolute Gasteiger partial charge is 0.496 e. The summed E-state index contributed by atoms with van der Waals surface area (Å²) in [6.45, 7) is 6.91. The number of carbonyl (C=O) groups is 1. The summed E-state index contributed by atoms with van der Waals surface area (Å²) >= 11 is 7.70. The van der Waals surface area contributed by atoms with Gasteiger partial charge in [-0.05, 0) is 41.9 Å². The van der Waals surface area contributed by atoms with E-state index in [1.807, 2.05) is 17.0 Å². The molecule has 1 heterocycles. The average Bonchev–Trinajstić information content (AvgIpc) is 3.08. The number of thiazole rings is 1. The van der Waals surface area contributed by atoms with Gasteiger partial charge in [0.1, 0.15) is 5.75 Å². The number of rotatable bonds is 6. The Hall–Kier alpha value is -2.63. The maximum absolute atomic E-state index is 11.5. The van der Waals surface area contributed by atoms with E-state index in [-0.39, 0.29) is 23.1 Å². The predicted octanol–water partition coefficient (Wildman–Crippen LogP) is 4.98. The van der Waals surface area contributed by atoms with Gasteiger partial charge in [-0.25, -0.2) is 0 Å². The summed E-state index contributed by atoms with van der Waals surface area (Å²) in [5, 5.41) is 19.2. The molecule has 1 aromatic carbocycles. The molecule has 2 aromatic rings. The molecule has 1 N–H and O–H groups in total. The summed E-state index contributed by atoms with van der Waals surface area (Å²) in [6.07, 6.45) is 6.76. The zero-order valence-electron chi connectivity index (χ0n) is 18.7. The van der Waals surface area contributed by atoms with Gasteiger partial charge in [-0.15, -0.1) is 11.3 Å². The highest BCUT2D eigenvalue weighted by Gasteiger charge is 2.39. The van der Waals surface area contributed by atoms with Crippen LogP contribution in [0.1, 0.15) is 56.9 Å². The number of amidine groups is 1. The van der Waals surface area contributed by atoms with Crippen LogP contribution in [0.3, 0.4) is 0 Å². The number of hydrogen-bond donors (Lipinski definition) is 1. The molecule has 0 radical (unpaired) electrons. The number of carboxylic acid groups (broad SMARTS) is 1. The summed E-state index contributed by atoms with van der Waals surface area (Å²) in [5.74, 6) is -0.0816. The Morgan fingerprint density at radius 2 is 2.12 bits per heavy atom. The van der Waals surface area contributed by atoms with Gasteiger partial charge < -0.3 is 14.4 Å². The van der Waals surface area contributed by atoms with E-state index < -0.39 is 5.97 Å². The van der Waals surface area contributed by atoms with Crippen molar-refractivity contribution in [3.05, 3.63) is 44.7 Å². The van der Waals surface area contributed by atoms with Crippen molar-refractivity contribution in [3.8, 4) is 11.9 Å². The molecule has 9 heteroatoms. The number of nitrogens with zero attached hydrogens (tertiary/aromatic N) is 4. The van der Waals surface area contributed by atoms with Crippen molar-refractivity contribution >= 4 is 34.7 Å². The van der Waals surface area contributed by atoms with Crippen LogP contribution in [0.2, 0.25) is 5.02 Å². The number of halogens is 1. The Kier molecular flexibility index (Phi) is 7.11. The van der Waals surface area contributed by atoms with E-state index in [2.05, 4.69) is 25.8 Å². The Balaban J connectivity index is 2.15. The van der Waals surface area contributed by atoms with Gasteiger partial charge in [0.15, 0.2) is 10.6 Å². The van der Waals surface area contributed by atoms with Crippen LogP contribution in [-0.4, -0.2) is 28.6 Å². The molecule has 170 valence electrons. The van der Waals surface area contributed by atoms with Crippen LogP contribution in [0.5, 0.6) is 5.75 Å². The SMILES string of the molecule is COc1ccc(Cl)cc1C(=NC#N)N=c1sc(C(C)(C)C)cn1CC1(CC(=O)O)CCC1. The first-order valence-corrected chi connectivity index (χ1v) is 11.5. The Labute approximate surface area is 196 Å². The highest BCUT2D eigenvalue weighted by Crippen LogP contribution is 2.45. The van der Waals surface area contributed by atoms with Crippen molar-refractivity contribution in [3.63, 3.8) is 0 Å². The topological polar surface area (TPSA) is 100.0 Å². The predicted molar refractivity (Wildman–Crippen MR) is 125 cm³/mol. The van der Waals surface area contributed by atoms with Crippen LogP contribution < -0.4 is 9.54 Å². The normalized spacial score (nSPS) is 16.4. The fraction of sp³-hybridized carbons (Fsp3) is 0.478. The van der Waals surface area contributed by atoms with E-state index in [9.17, 15) is 15.2 Å². The van der Waals surface area contributed by atoms with Crippen molar-refractivity contribution in [2.24, 2.45) is 15.4 Å². The van der Waals surface area contributed by atoms with Gasteiger partial charge in [-0.2, -0.15) is 15.2 Å². The van der Waals surface area contributed by atoms with Gasteiger partial charge >= 0.3 is 5.97 Å². The molecule has 0 atom stereocenters. The fourth-order valence-corrected chi connectivity index (χ4v) is 5.04. The third kappa shape index (κ3) is 5.40. The second kappa shape index (κ2) is 9.47. The monoisotopic (exact) mass is 474 g/mol. The van der Waals surface area contributed by atoms with E-state index in [0.717, 1.165) is 24.1 Å². The minimum absolute atomic E-state index is 0.111. The Morgan fingerprint density at radius 1 is 1.41 bits per heavy atom. The van der Waals surface area contributed by atoms with Crippen LogP contribution >= 0.6 is 22.9 Å². The quantitative estimate of drug-likeness (QED) is 0.362. The van der Waals surface area contributed by atoms with Crippen LogP contribution in [0.15, 0.2) is 34.4 Å². The molecule has 1 aliphatic carbocycles. The molecule has 1 aromatic heterocycles. The number of carboxylic acids is 1. The zero-order chi connectivity index (χ0) is 23.5. The second-order valence-electron chi connectivity index (χ2n) is 9.17. The lowest BCUT2D eigenvalue weighted by Crippen LogP contribution is -2.38. The first kappa shape index (κ1) is 24.0. The van der Waals surface area contributed by atoms with Crippen molar-refractivity contribution in [2.75, 3.05) is 7.11 Å². The Bertz CT molecular complexity index is 1150. The van der Waals surface area contributed by atoms with Gasteiger partial charge in [-0.1, -0.05) is 38.8 Å². The molecule has 1 aliphatic rings. The van der Waals surface area contributed by atoms with Crippen LogP contribution in [0.25, 0.3) is 0 Å². The molecule has 32 heavy (non-hydrogen) atoms. The van der Waals surface area contributed by atoms with Crippen molar-refractivity contribution in [2.45, 2.75) is 58.4 Å². The molecule has 0 spiro atoms. The number of methoxy groups -OCH3 is 1. The van der Waals surface area contributed by atoms with Crippen LogP contribution in [-0.2, 0) is 16.8 Å². The lowest BCUT2D eigenvalue weighted by molar-refractivity contribution is -0.141. The van der Waals surface area contributed by atoms with E-state index in [0.29, 0.717) is 27.7 Å². The van der Waals surface area contributed by atoms with E-state index in [4.69, 9.17) is 21.3 Å². The molecule has 3 rings (SSSR count). The van der Waals surface area contributed by atoms with Crippen LogP contribution in [0.4, 0.5) is 0 Å². The second-order valence-corrected chi connectivity index (χ2v) is 10.6. The molecule has 0 aliphatic heterocycles. The van der Waals surface area contributed by atoms with E-state index in [1.54, 1.807) is 18.2 Å². The third-order valence-corrected chi connectivity index (χ3v) is 7.35. The highest BCUT2D eigenvalue weighted by atomic mass is 35.5. The van der Waals surface area contributed by atoms with Crippen molar-refractivity contribution in [1.29, 1.82) is 5.26 Å². The smallest absolute Gasteiger partial charge is 0.303 e. The minimum Gasteiger partial charge on any atom is -0.496 e. The van der Waals surface area contributed by atoms with Crippen LogP contribution in [0, 0.1) is 16.9 Å². The summed E-state index contributed by atoms with van der Waals surface area (Å²) in [7, 11) is 1.53. The maximum Gasteiger partial charge on any atom is 0.303 e. The standard InChI is InChI=1S/C23H27ClN4O3S/c1-22(2,3)18-12-28(13-23(8-5-9-23)11-19(29)30)21(32-18)27-20(26-14-25)16-10-15(24)6-7-17(16)31-4/h6-7,10,12H,5,8-9,11,13H2,1-4H3,(H,29,30). The molecule has 1 fully saturated rings. The average molecular weight is 475 g/mol. The number of ether oxygens (including phenoxy) is 1. The van der Waals surface area contributed by atoms with E-state index in [1.165, 1.54) is 18.4 Å². The molecule has 0 amide bonds. The molecule has 1 saturated carbocycles. The number of aliphatic imine (C=N–C) groups is 1. The van der Waals surface area contributed by atoms with Gasteiger partial charge in [0.25, 0.3) is 0 Å². The zero-order valence-corrected chi connectivity index (χ0v) is 20.3. The molecule has 0 saturated heterocycles. The number of nitriles is 1. The Morgan fingerprint density at radius 3 is 2.66 bits per heavy atom. The molecule has 0 bridgehead atoms. The first-order chi connectivity index (χ1) is 15.1. The van der Waals surface area contributed by atoms with E-state index >= 15 is 0 Å². The van der Waals surface area contributed by atoms with Gasteiger partial charge in [0.2, 0.25) is 6.19 Å². The van der Waals surface area contributed by atoms with Gasteiger partial charge in [0, 0.05) is 22.6 Å². The number of hydrogen-bond acceptors (Lipinski definition) is 5. The molecule has 7 nitrogen and oxygen atoms in total. The van der Waals surface area contributed by atoms with Crippen molar-refractivity contribution < 1.29 is 14.6 Å². The lowest BCUT2D eigenvalue weighted by Gasteiger charge is -2.41. The number of aliphatic carboxylic acids is 1. The first-order valence-electron chi connectivity index (χ1n) is 10.3. The summed E-state index contributed by atoms with van der Waals surface area (Å²) in [4.78, 5) is 21.9. The van der Waals surface area contributed by atoms with Crippen molar-refractivity contribution in [1.82, 2.24) is 4.57 Å². The molecular weight excluding hydrogens is 448 g/mol. The molecular formula is C23H27ClN4O3S.